The van der Waals surface area contributed by atoms with E-state index in [4.69, 9.17) is 10.9 Å². The number of imidazole rings is 1. The van der Waals surface area contributed by atoms with Crippen LogP contribution in [0.5, 0.6) is 0 Å². The zero-order chi connectivity index (χ0) is 14.6. The average molecular weight is 267 g/mol. The summed E-state index contributed by atoms with van der Waals surface area (Å²) in [5, 5.41) is 11.8. The fourth-order valence-electron chi connectivity index (χ4n) is 1.81. The molecular weight excluding hydrogens is 246 g/mol. The molecule has 1 unspecified atom stereocenters. The second-order valence-corrected chi connectivity index (χ2v) is 4.79. The maximum absolute atomic E-state index is 12.5. The Hall–Kier alpha value is -2.05. The second kappa shape index (κ2) is 5.73. The topological polar surface area (TPSA) is 96.7 Å². The number of carbonyl (C=O) groups is 1. The van der Waals surface area contributed by atoms with Crippen LogP contribution in [0.15, 0.2) is 17.5 Å². The van der Waals surface area contributed by atoms with Gasteiger partial charge >= 0.3 is 0 Å². The summed E-state index contributed by atoms with van der Waals surface area (Å²) in [7, 11) is 3.54. The maximum Gasteiger partial charge on any atom is 0.236 e. The lowest BCUT2D eigenvalue weighted by Crippen LogP contribution is -2.48. The van der Waals surface area contributed by atoms with Gasteiger partial charge in [-0.15, -0.1) is 0 Å². The van der Waals surface area contributed by atoms with Crippen molar-refractivity contribution in [2.24, 2.45) is 23.4 Å². The van der Waals surface area contributed by atoms with Crippen LogP contribution in [0.2, 0.25) is 0 Å². The van der Waals surface area contributed by atoms with E-state index in [1.165, 1.54) is 4.90 Å². The zero-order valence-electron chi connectivity index (χ0n) is 11.8. The first-order chi connectivity index (χ1) is 8.86. The molecule has 7 heteroatoms. The van der Waals surface area contributed by atoms with Crippen LogP contribution >= 0.6 is 0 Å². The minimum Gasteiger partial charge on any atom is -0.409 e. The molecule has 19 heavy (non-hydrogen) atoms. The van der Waals surface area contributed by atoms with E-state index in [0.29, 0.717) is 13.0 Å². The number of hydrogen-bond acceptors (Lipinski definition) is 4. The molecule has 0 aliphatic rings. The Balaban J connectivity index is 2.90. The number of oxime groups is 1. The molecule has 1 rings (SSSR count). The number of nitrogens with zero attached hydrogens (tertiary/aromatic N) is 4. The van der Waals surface area contributed by atoms with E-state index in [-0.39, 0.29) is 11.7 Å². The third-order valence-electron chi connectivity index (χ3n) is 3.50. The Morgan fingerprint density at radius 1 is 1.68 bits per heavy atom. The molecule has 0 bridgehead atoms. The van der Waals surface area contributed by atoms with Crippen LogP contribution < -0.4 is 5.73 Å². The van der Waals surface area contributed by atoms with Gasteiger partial charge in [0.05, 0.1) is 6.54 Å². The molecule has 106 valence electrons. The van der Waals surface area contributed by atoms with Crippen molar-refractivity contribution in [3.63, 3.8) is 0 Å². The van der Waals surface area contributed by atoms with Crippen LogP contribution in [-0.4, -0.2) is 38.4 Å². The Bertz CT molecular complexity index is 482. The van der Waals surface area contributed by atoms with Crippen molar-refractivity contribution in [3.05, 3.63) is 18.2 Å². The summed E-state index contributed by atoms with van der Waals surface area (Å²) in [6.45, 7) is 3.86. The quantitative estimate of drug-likeness (QED) is 0.352. The van der Waals surface area contributed by atoms with Gasteiger partial charge in [0.1, 0.15) is 11.2 Å². The van der Waals surface area contributed by atoms with Gasteiger partial charge in [-0.2, -0.15) is 0 Å². The molecule has 7 nitrogen and oxygen atoms in total. The smallest absolute Gasteiger partial charge is 0.236 e. The van der Waals surface area contributed by atoms with Crippen LogP contribution in [-0.2, 0) is 18.4 Å². The second-order valence-electron chi connectivity index (χ2n) is 4.79. The van der Waals surface area contributed by atoms with Gasteiger partial charge < -0.3 is 20.4 Å². The third-order valence-corrected chi connectivity index (χ3v) is 3.50. The first-order valence-corrected chi connectivity index (χ1v) is 6.06. The molecule has 0 fully saturated rings. The van der Waals surface area contributed by atoms with Gasteiger partial charge in [-0.05, 0) is 13.3 Å². The molecule has 0 aliphatic heterocycles. The van der Waals surface area contributed by atoms with E-state index >= 15 is 0 Å². The van der Waals surface area contributed by atoms with E-state index < -0.39 is 5.41 Å². The number of aromatic nitrogens is 2. The van der Waals surface area contributed by atoms with E-state index in [1.807, 2.05) is 24.7 Å². The highest BCUT2D eigenvalue weighted by molar-refractivity contribution is 6.06. The Kier molecular flexibility index (Phi) is 4.52. The Morgan fingerprint density at radius 3 is 2.74 bits per heavy atom. The maximum atomic E-state index is 12.5. The molecule has 0 aliphatic carbocycles. The summed E-state index contributed by atoms with van der Waals surface area (Å²) in [4.78, 5) is 18.2. The zero-order valence-corrected chi connectivity index (χ0v) is 11.8. The first-order valence-electron chi connectivity index (χ1n) is 6.06. The molecule has 0 saturated heterocycles. The third kappa shape index (κ3) is 2.86. The molecule has 3 N–H and O–H groups in total. The normalized spacial score (nSPS) is 15.1. The Labute approximate surface area is 112 Å². The van der Waals surface area contributed by atoms with Crippen molar-refractivity contribution >= 4 is 11.7 Å². The summed E-state index contributed by atoms with van der Waals surface area (Å²) in [5.41, 5.74) is 4.63. The lowest BCUT2D eigenvalue weighted by molar-refractivity contribution is -0.137. The molecule has 0 spiro atoms. The van der Waals surface area contributed by atoms with E-state index in [2.05, 4.69) is 10.1 Å². The molecule has 1 aromatic heterocycles. The summed E-state index contributed by atoms with van der Waals surface area (Å²) >= 11 is 0. The fraction of sp³-hybridized carbons (Fsp3) is 0.583. The molecular formula is C12H21N5O2. The highest BCUT2D eigenvalue weighted by Crippen LogP contribution is 2.24. The van der Waals surface area contributed by atoms with Crippen LogP contribution in [0.25, 0.3) is 0 Å². The number of amides is 1. The predicted molar refractivity (Wildman–Crippen MR) is 71.5 cm³/mol. The average Bonchev–Trinajstić information content (AvgIpc) is 2.81. The molecule has 0 saturated carbocycles. The molecule has 1 amide bonds. The Morgan fingerprint density at radius 2 is 2.32 bits per heavy atom. The van der Waals surface area contributed by atoms with Crippen LogP contribution in [0.1, 0.15) is 26.1 Å². The van der Waals surface area contributed by atoms with Crippen molar-refractivity contribution in [1.82, 2.24) is 14.5 Å². The van der Waals surface area contributed by atoms with Crippen LogP contribution in [0.4, 0.5) is 0 Å². The molecule has 1 atom stereocenters. The summed E-state index contributed by atoms with van der Waals surface area (Å²) in [5.74, 6) is 0.494. The molecule has 1 aromatic rings. The number of hydrogen-bond donors (Lipinski definition) is 2. The summed E-state index contributed by atoms with van der Waals surface area (Å²) in [6.07, 6.45) is 3.94. The van der Waals surface area contributed by atoms with Gasteiger partial charge in [0.15, 0.2) is 5.84 Å². The van der Waals surface area contributed by atoms with Gasteiger partial charge in [0.25, 0.3) is 0 Å². The van der Waals surface area contributed by atoms with E-state index in [0.717, 1.165) is 5.82 Å². The van der Waals surface area contributed by atoms with Crippen molar-refractivity contribution < 1.29 is 10.0 Å². The highest BCUT2D eigenvalue weighted by atomic mass is 16.4. The lowest BCUT2D eigenvalue weighted by atomic mass is 9.84. The number of aryl methyl sites for hydroxylation is 1. The molecule has 1 heterocycles. The number of amidine groups is 1. The predicted octanol–water partition coefficient (Wildman–Crippen LogP) is 0.541. The summed E-state index contributed by atoms with van der Waals surface area (Å²) < 4.78 is 1.84. The van der Waals surface area contributed by atoms with E-state index in [1.54, 1.807) is 20.2 Å². The van der Waals surface area contributed by atoms with Gasteiger partial charge in [-0.1, -0.05) is 12.1 Å². The summed E-state index contributed by atoms with van der Waals surface area (Å²) in [6, 6.07) is 0. The number of rotatable bonds is 5. The largest absolute Gasteiger partial charge is 0.409 e. The number of carbonyl (C=O) groups excluding carboxylic acids is 1. The van der Waals surface area contributed by atoms with Crippen molar-refractivity contribution in [3.8, 4) is 0 Å². The van der Waals surface area contributed by atoms with Crippen LogP contribution in [0, 0.1) is 5.41 Å². The van der Waals surface area contributed by atoms with Crippen molar-refractivity contribution in [2.75, 3.05) is 7.05 Å². The minimum atomic E-state index is -1.01. The molecule has 0 aromatic carbocycles. The van der Waals surface area contributed by atoms with E-state index in [9.17, 15) is 4.79 Å². The SMILES string of the molecule is CCC(C)(C(=O)N(C)Cc1nccn1C)/C(N)=N/O. The highest BCUT2D eigenvalue weighted by Gasteiger charge is 2.38. The van der Waals surface area contributed by atoms with Gasteiger partial charge in [0.2, 0.25) is 5.91 Å². The van der Waals surface area contributed by atoms with Crippen LogP contribution in [0.3, 0.4) is 0 Å². The van der Waals surface area contributed by atoms with Gasteiger partial charge in [-0.25, -0.2) is 4.98 Å². The number of nitrogens with two attached hydrogens (primary N) is 1. The first kappa shape index (κ1) is 15.0. The van der Waals surface area contributed by atoms with Crippen molar-refractivity contribution in [1.29, 1.82) is 0 Å². The van der Waals surface area contributed by atoms with Gasteiger partial charge in [0, 0.05) is 26.5 Å². The molecule has 0 radical (unpaired) electrons. The monoisotopic (exact) mass is 267 g/mol. The van der Waals surface area contributed by atoms with Crippen molar-refractivity contribution in [2.45, 2.75) is 26.8 Å². The minimum absolute atomic E-state index is 0.0771. The lowest BCUT2D eigenvalue weighted by Gasteiger charge is -2.30. The van der Waals surface area contributed by atoms with Gasteiger partial charge in [-0.3, -0.25) is 4.79 Å². The standard InChI is InChI=1S/C12H21N5O2/c1-5-12(2,10(13)15-19)11(18)17(4)8-9-14-6-7-16(9)3/h6-7,19H,5,8H2,1-4H3,(H2,13,15). The fourth-order valence-corrected chi connectivity index (χ4v) is 1.81.